The van der Waals surface area contributed by atoms with E-state index in [9.17, 15) is 4.79 Å². The minimum atomic E-state index is -0.213. The quantitative estimate of drug-likeness (QED) is 0.848. The van der Waals surface area contributed by atoms with Crippen LogP contribution in [-0.2, 0) is 16.8 Å². The molecule has 25 heavy (non-hydrogen) atoms. The molecule has 1 fully saturated rings. The molecule has 0 unspecified atom stereocenters. The fourth-order valence-corrected chi connectivity index (χ4v) is 3.11. The second-order valence-electron chi connectivity index (χ2n) is 7.61. The first-order valence-electron chi connectivity index (χ1n) is 8.85. The third-order valence-electron chi connectivity index (χ3n) is 4.57. The number of aromatic nitrogens is 1. The molecule has 1 aliphatic rings. The van der Waals surface area contributed by atoms with Crippen LogP contribution in [0.3, 0.4) is 0 Å². The van der Waals surface area contributed by atoms with E-state index in [0.717, 1.165) is 18.5 Å². The Balaban J connectivity index is 1.54. The van der Waals surface area contributed by atoms with Gasteiger partial charge in [0.05, 0.1) is 12.7 Å². The summed E-state index contributed by atoms with van der Waals surface area (Å²) in [5.41, 5.74) is 2.27. The second kappa shape index (κ2) is 7.40. The fraction of sp³-hybridized carbons (Fsp3) is 0.500. The summed E-state index contributed by atoms with van der Waals surface area (Å²) in [6.07, 6.45) is 3.39. The lowest BCUT2D eigenvalue weighted by Gasteiger charge is -2.32. The number of rotatable bonds is 4. The zero-order chi connectivity index (χ0) is 17.9. The highest BCUT2D eigenvalue weighted by molar-refractivity contribution is 5.95. The van der Waals surface area contributed by atoms with E-state index in [0.29, 0.717) is 25.3 Å². The van der Waals surface area contributed by atoms with Crippen LogP contribution in [-0.4, -0.2) is 35.2 Å². The predicted molar refractivity (Wildman–Crippen MR) is 95.4 cm³/mol. The molecule has 1 aliphatic heterocycles. The SMILES string of the molecule is CC(C)(C)c1nocc1C(=O)N1CCC(OCc2ccccc2)CC1. The van der Waals surface area contributed by atoms with E-state index in [1.807, 2.05) is 43.9 Å². The smallest absolute Gasteiger partial charge is 0.259 e. The lowest BCUT2D eigenvalue weighted by atomic mass is 9.89. The van der Waals surface area contributed by atoms with Gasteiger partial charge in [0.25, 0.3) is 5.91 Å². The number of piperidine rings is 1. The van der Waals surface area contributed by atoms with Crippen LogP contribution in [0.5, 0.6) is 0 Å². The van der Waals surface area contributed by atoms with Gasteiger partial charge in [0.15, 0.2) is 0 Å². The van der Waals surface area contributed by atoms with Crippen LogP contribution < -0.4 is 0 Å². The number of hydrogen-bond acceptors (Lipinski definition) is 4. The van der Waals surface area contributed by atoms with Crippen LogP contribution in [0.1, 0.15) is 55.2 Å². The molecule has 134 valence electrons. The first kappa shape index (κ1) is 17.7. The Morgan fingerprint density at radius 2 is 1.92 bits per heavy atom. The molecule has 3 rings (SSSR count). The number of benzene rings is 1. The Morgan fingerprint density at radius 3 is 2.56 bits per heavy atom. The van der Waals surface area contributed by atoms with Crippen LogP contribution in [0.4, 0.5) is 0 Å². The normalized spacial score (nSPS) is 16.2. The molecular weight excluding hydrogens is 316 g/mol. The molecule has 1 aromatic carbocycles. The number of ether oxygens (including phenoxy) is 1. The molecule has 1 aromatic heterocycles. The van der Waals surface area contributed by atoms with Crippen molar-refractivity contribution in [2.75, 3.05) is 13.1 Å². The van der Waals surface area contributed by atoms with Crippen molar-refractivity contribution in [3.05, 3.63) is 53.4 Å². The molecule has 2 aromatic rings. The van der Waals surface area contributed by atoms with Gasteiger partial charge >= 0.3 is 0 Å². The molecule has 1 amide bonds. The summed E-state index contributed by atoms with van der Waals surface area (Å²) >= 11 is 0. The molecule has 0 aliphatic carbocycles. The zero-order valence-corrected chi connectivity index (χ0v) is 15.2. The number of carbonyl (C=O) groups is 1. The summed E-state index contributed by atoms with van der Waals surface area (Å²) in [4.78, 5) is 14.7. The highest BCUT2D eigenvalue weighted by Crippen LogP contribution is 2.26. The van der Waals surface area contributed by atoms with Gasteiger partial charge in [-0.2, -0.15) is 0 Å². The van der Waals surface area contributed by atoms with Gasteiger partial charge in [-0.15, -0.1) is 0 Å². The van der Waals surface area contributed by atoms with Gasteiger partial charge in [-0.1, -0.05) is 56.3 Å². The molecule has 0 saturated carbocycles. The van der Waals surface area contributed by atoms with Crippen LogP contribution in [0.25, 0.3) is 0 Å². The second-order valence-corrected chi connectivity index (χ2v) is 7.61. The van der Waals surface area contributed by atoms with E-state index < -0.39 is 0 Å². The molecule has 0 atom stereocenters. The van der Waals surface area contributed by atoms with Crippen molar-refractivity contribution in [3.63, 3.8) is 0 Å². The van der Waals surface area contributed by atoms with Crippen molar-refractivity contribution in [2.24, 2.45) is 0 Å². The van der Waals surface area contributed by atoms with E-state index in [-0.39, 0.29) is 17.4 Å². The van der Waals surface area contributed by atoms with Crippen molar-refractivity contribution in [3.8, 4) is 0 Å². The third-order valence-corrected chi connectivity index (χ3v) is 4.57. The van der Waals surface area contributed by atoms with Gasteiger partial charge in [-0.25, -0.2) is 0 Å². The van der Waals surface area contributed by atoms with Gasteiger partial charge in [-0.3, -0.25) is 4.79 Å². The van der Waals surface area contributed by atoms with Crippen molar-refractivity contribution in [2.45, 2.75) is 51.7 Å². The highest BCUT2D eigenvalue weighted by Gasteiger charge is 2.31. The number of amides is 1. The summed E-state index contributed by atoms with van der Waals surface area (Å²) in [6.45, 7) is 8.13. The van der Waals surface area contributed by atoms with Crippen molar-refractivity contribution in [1.29, 1.82) is 0 Å². The van der Waals surface area contributed by atoms with Crippen molar-refractivity contribution < 1.29 is 14.1 Å². The van der Waals surface area contributed by atoms with E-state index in [1.165, 1.54) is 11.8 Å². The Hall–Kier alpha value is -2.14. The van der Waals surface area contributed by atoms with Crippen LogP contribution in [0.2, 0.25) is 0 Å². The van der Waals surface area contributed by atoms with E-state index in [1.54, 1.807) is 0 Å². The van der Waals surface area contributed by atoms with E-state index >= 15 is 0 Å². The lowest BCUT2D eigenvalue weighted by molar-refractivity contribution is -0.000437. The highest BCUT2D eigenvalue weighted by atomic mass is 16.5. The van der Waals surface area contributed by atoms with Gasteiger partial charge < -0.3 is 14.2 Å². The molecule has 2 heterocycles. The molecular formula is C20H26N2O3. The number of likely N-dealkylation sites (tertiary alicyclic amines) is 1. The Morgan fingerprint density at radius 1 is 1.24 bits per heavy atom. The number of carbonyl (C=O) groups excluding carboxylic acids is 1. The van der Waals surface area contributed by atoms with Gasteiger partial charge in [0, 0.05) is 18.5 Å². The topological polar surface area (TPSA) is 55.6 Å². The van der Waals surface area contributed by atoms with Crippen molar-refractivity contribution in [1.82, 2.24) is 10.1 Å². The van der Waals surface area contributed by atoms with Crippen LogP contribution in [0.15, 0.2) is 41.1 Å². The molecule has 0 bridgehead atoms. The fourth-order valence-electron chi connectivity index (χ4n) is 3.11. The first-order chi connectivity index (χ1) is 11.9. The molecule has 0 radical (unpaired) electrons. The molecule has 5 heteroatoms. The number of hydrogen-bond donors (Lipinski definition) is 0. The molecule has 0 spiro atoms. The third kappa shape index (κ3) is 4.28. The minimum absolute atomic E-state index is 0.00712. The lowest BCUT2D eigenvalue weighted by Crippen LogP contribution is -2.41. The van der Waals surface area contributed by atoms with Gasteiger partial charge in [0.1, 0.15) is 17.5 Å². The van der Waals surface area contributed by atoms with E-state index in [2.05, 4.69) is 17.3 Å². The Labute approximate surface area is 148 Å². The zero-order valence-electron chi connectivity index (χ0n) is 15.2. The minimum Gasteiger partial charge on any atom is -0.373 e. The summed E-state index contributed by atoms with van der Waals surface area (Å²) in [5, 5.41) is 4.03. The Kier molecular flexibility index (Phi) is 5.23. The summed E-state index contributed by atoms with van der Waals surface area (Å²) in [5.74, 6) is 0.00712. The van der Waals surface area contributed by atoms with Gasteiger partial charge in [0.2, 0.25) is 0 Å². The summed E-state index contributed by atoms with van der Waals surface area (Å²) < 4.78 is 11.1. The maximum Gasteiger partial charge on any atom is 0.259 e. The Bertz CT molecular complexity index is 695. The molecule has 0 N–H and O–H groups in total. The standard InChI is InChI=1S/C20H26N2O3/c1-20(2,3)18-17(14-25-21-18)19(23)22-11-9-16(10-12-22)24-13-15-7-5-4-6-8-15/h4-8,14,16H,9-13H2,1-3H3. The average Bonchev–Trinajstić information content (AvgIpc) is 3.11. The van der Waals surface area contributed by atoms with Gasteiger partial charge in [-0.05, 0) is 18.4 Å². The average molecular weight is 342 g/mol. The first-order valence-corrected chi connectivity index (χ1v) is 8.85. The summed E-state index contributed by atoms with van der Waals surface area (Å²) in [7, 11) is 0. The molecule has 1 saturated heterocycles. The largest absolute Gasteiger partial charge is 0.373 e. The monoisotopic (exact) mass is 342 g/mol. The van der Waals surface area contributed by atoms with Crippen LogP contribution in [0, 0.1) is 0 Å². The number of nitrogens with zero attached hydrogens (tertiary/aromatic N) is 2. The van der Waals surface area contributed by atoms with E-state index in [4.69, 9.17) is 9.26 Å². The van der Waals surface area contributed by atoms with Crippen molar-refractivity contribution >= 4 is 5.91 Å². The maximum atomic E-state index is 12.8. The predicted octanol–water partition coefficient (Wildman–Crippen LogP) is 3.79. The summed E-state index contributed by atoms with van der Waals surface area (Å²) in [6, 6.07) is 10.2. The molecule has 5 nitrogen and oxygen atoms in total. The van der Waals surface area contributed by atoms with Crippen LogP contribution >= 0.6 is 0 Å². The maximum absolute atomic E-state index is 12.8.